The van der Waals surface area contributed by atoms with E-state index in [1.807, 2.05) is 38.3 Å². The van der Waals surface area contributed by atoms with Gasteiger partial charge in [-0.15, -0.1) is 5.10 Å². The third-order valence-corrected chi connectivity index (χ3v) is 5.41. The Labute approximate surface area is 166 Å². The van der Waals surface area contributed by atoms with Crippen LogP contribution in [0.15, 0.2) is 29.4 Å². The number of nitrogens with zero attached hydrogens (tertiary/aromatic N) is 5. The smallest absolute Gasteiger partial charge is 0.253 e. The molecule has 0 saturated carbocycles. The minimum Gasteiger partial charge on any atom is -0.323 e. The van der Waals surface area contributed by atoms with E-state index < -0.39 is 0 Å². The lowest BCUT2D eigenvalue weighted by atomic mass is 10.1. The van der Waals surface area contributed by atoms with Crippen molar-refractivity contribution in [1.82, 2.24) is 19.6 Å². The average molecular weight is 396 g/mol. The second-order valence-electron chi connectivity index (χ2n) is 6.62. The van der Waals surface area contributed by atoms with Gasteiger partial charge in [0.05, 0.1) is 11.4 Å². The third kappa shape index (κ3) is 3.22. The fraction of sp³-hybridized carbons (Fsp3) is 0.316. The Hall–Kier alpha value is -2.94. The summed E-state index contributed by atoms with van der Waals surface area (Å²) in [5.41, 5.74) is 4.15. The summed E-state index contributed by atoms with van der Waals surface area (Å²) in [7, 11) is 0. The van der Waals surface area contributed by atoms with Crippen molar-refractivity contribution >= 4 is 40.7 Å². The SMILES string of the molecule is CSc1nc2nc(C)c(CCC(=O)N3CC(=O)Nc4ccccc43)c(C)n2n1. The van der Waals surface area contributed by atoms with Crippen LogP contribution in [0.5, 0.6) is 0 Å². The first-order chi connectivity index (χ1) is 13.5. The monoisotopic (exact) mass is 396 g/mol. The second-order valence-corrected chi connectivity index (χ2v) is 7.39. The number of carbonyl (C=O) groups excluding carboxylic acids is 2. The van der Waals surface area contributed by atoms with E-state index in [1.165, 1.54) is 11.8 Å². The summed E-state index contributed by atoms with van der Waals surface area (Å²) in [5, 5.41) is 7.91. The number of fused-ring (bicyclic) bond motifs is 2. The number of aryl methyl sites for hydroxylation is 2. The van der Waals surface area contributed by atoms with Crippen LogP contribution < -0.4 is 10.2 Å². The first-order valence-corrected chi connectivity index (χ1v) is 10.2. The predicted octanol–water partition coefficient (Wildman–Crippen LogP) is 2.38. The van der Waals surface area contributed by atoms with Crippen LogP contribution in [0, 0.1) is 13.8 Å². The van der Waals surface area contributed by atoms with Crippen molar-refractivity contribution in [2.24, 2.45) is 0 Å². The molecule has 2 aromatic heterocycles. The number of hydrogen-bond donors (Lipinski definition) is 1. The van der Waals surface area contributed by atoms with Crippen molar-refractivity contribution in [2.45, 2.75) is 31.8 Å². The molecule has 0 atom stereocenters. The largest absolute Gasteiger partial charge is 0.323 e. The summed E-state index contributed by atoms with van der Waals surface area (Å²) in [4.78, 5) is 35.3. The molecule has 1 N–H and O–H groups in total. The van der Waals surface area contributed by atoms with Crippen LogP contribution in [0.1, 0.15) is 23.4 Å². The fourth-order valence-electron chi connectivity index (χ4n) is 3.46. The van der Waals surface area contributed by atoms with E-state index in [4.69, 9.17) is 0 Å². The molecule has 2 amide bonds. The molecule has 3 aromatic rings. The molecule has 0 saturated heterocycles. The Bertz CT molecular complexity index is 1090. The number of nitrogens with one attached hydrogen (secondary N) is 1. The van der Waals surface area contributed by atoms with Crippen molar-refractivity contribution < 1.29 is 9.59 Å². The average Bonchev–Trinajstić information content (AvgIpc) is 3.10. The number of anilines is 2. The van der Waals surface area contributed by atoms with Crippen molar-refractivity contribution in [3.05, 3.63) is 41.2 Å². The van der Waals surface area contributed by atoms with E-state index in [1.54, 1.807) is 15.5 Å². The Morgan fingerprint density at radius 1 is 1.25 bits per heavy atom. The zero-order valence-corrected chi connectivity index (χ0v) is 16.7. The molecule has 0 fully saturated rings. The summed E-state index contributed by atoms with van der Waals surface area (Å²) < 4.78 is 1.72. The van der Waals surface area contributed by atoms with Gasteiger partial charge in [-0.3, -0.25) is 9.59 Å². The highest BCUT2D eigenvalue weighted by Crippen LogP contribution is 2.29. The Morgan fingerprint density at radius 3 is 2.82 bits per heavy atom. The Balaban J connectivity index is 1.58. The van der Waals surface area contributed by atoms with E-state index in [2.05, 4.69) is 20.4 Å². The summed E-state index contributed by atoms with van der Waals surface area (Å²) in [6, 6.07) is 7.33. The molecule has 144 valence electrons. The molecular formula is C19H20N6O2S. The van der Waals surface area contributed by atoms with E-state index in [-0.39, 0.29) is 24.8 Å². The van der Waals surface area contributed by atoms with Gasteiger partial charge < -0.3 is 10.2 Å². The molecule has 4 rings (SSSR count). The number of carbonyl (C=O) groups is 2. The van der Waals surface area contributed by atoms with Crippen LogP contribution in [-0.2, 0) is 16.0 Å². The first-order valence-electron chi connectivity index (χ1n) is 8.94. The first kappa shape index (κ1) is 18.4. The van der Waals surface area contributed by atoms with Crippen molar-refractivity contribution in [2.75, 3.05) is 23.0 Å². The third-order valence-electron chi connectivity index (χ3n) is 4.87. The lowest BCUT2D eigenvalue weighted by Gasteiger charge is -2.29. The topological polar surface area (TPSA) is 92.5 Å². The van der Waals surface area contributed by atoms with Crippen molar-refractivity contribution in [3.8, 4) is 0 Å². The summed E-state index contributed by atoms with van der Waals surface area (Å²) >= 11 is 1.46. The van der Waals surface area contributed by atoms with Gasteiger partial charge in [0.1, 0.15) is 6.54 Å². The zero-order valence-electron chi connectivity index (χ0n) is 15.9. The molecule has 9 heteroatoms. The molecule has 8 nitrogen and oxygen atoms in total. The molecule has 3 heterocycles. The van der Waals surface area contributed by atoms with E-state index in [9.17, 15) is 9.59 Å². The summed E-state index contributed by atoms with van der Waals surface area (Å²) in [6.45, 7) is 3.92. The van der Waals surface area contributed by atoms with Gasteiger partial charge in [-0.25, -0.2) is 9.50 Å². The summed E-state index contributed by atoms with van der Waals surface area (Å²) in [6.07, 6.45) is 2.72. The van der Waals surface area contributed by atoms with Gasteiger partial charge in [-0.2, -0.15) is 4.98 Å². The van der Waals surface area contributed by atoms with Crippen LogP contribution >= 0.6 is 11.8 Å². The Morgan fingerprint density at radius 2 is 2.04 bits per heavy atom. The van der Waals surface area contributed by atoms with Gasteiger partial charge in [-0.05, 0) is 44.2 Å². The lowest BCUT2D eigenvalue weighted by molar-refractivity contribution is -0.121. The minimum atomic E-state index is -0.185. The molecule has 28 heavy (non-hydrogen) atoms. The van der Waals surface area contributed by atoms with Crippen molar-refractivity contribution in [1.29, 1.82) is 0 Å². The highest BCUT2D eigenvalue weighted by atomic mass is 32.2. The minimum absolute atomic E-state index is 0.0330. The summed E-state index contributed by atoms with van der Waals surface area (Å²) in [5.74, 6) is 0.287. The number of para-hydroxylation sites is 2. The van der Waals surface area contributed by atoms with Crippen LogP contribution in [0.3, 0.4) is 0 Å². The molecule has 0 aliphatic carbocycles. The van der Waals surface area contributed by atoms with Crippen LogP contribution in [0.25, 0.3) is 5.78 Å². The molecule has 0 radical (unpaired) electrons. The fourth-order valence-corrected chi connectivity index (χ4v) is 3.80. The number of hydrogen-bond acceptors (Lipinski definition) is 6. The van der Waals surface area contributed by atoms with E-state index in [0.717, 1.165) is 22.6 Å². The van der Waals surface area contributed by atoms with Gasteiger partial charge in [-0.1, -0.05) is 23.9 Å². The van der Waals surface area contributed by atoms with Gasteiger partial charge in [0.25, 0.3) is 5.78 Å². The number of aromatic nitrogens is 4. The van der Waals surface area contributed by atoms with E-state index in [0.29, 0.717) is 23.0 Å². The highest BCUT2D eigenvalue weighted by molar-refractivity contribution is 7.98. The Kier molecular flexibility index (Phi) is 4.76. The predicted molar refractivity (Wildman–Crippen MR) is 108 cm³/mol. The molecular weight excluding hydrogens is 376 g/mol. The lowest BCUT2D eigenvalue weighted by Crippen LogP contribution is -2.42. The molecule has 0 unspecified atom stereocenters. The molecule has 0 spiro atoms. The standard InChI is InChI=1S/C19H20N6O2S/c1-11-13(12(2)25-18(20-11)22-19(23-25)28-3)8-9-17(27)24-10-16(26)21-14-6-4-5-7-15(14)24/h4-7H,8-10H2,1-3H3,(H,21,26). The van der Waals surface area contributed by atoms with Gasteiger partial charge in [0, 0.05) is 17.8 Å². The second kappa shape index (κ2) is 7.23. The molecule has 1 aliphatic rings. The number of amides is 2. The van der Waals surface area contributed by atoms with Gasteiger partial charge in [0.2, 0.25) is 17.0 Å². The normalized spacial score (nSPS) is 13.5. The van der Waals surface area contributed by atoms with E-state index >= 15 is 0 Å². The maximum Gasteiger partial charge on any atom is 0.253 e. The van der Waals surface area contributed by atoms with Crippen molar-refractivity contribution in [3.63, 3.8) is 0 Å². The van der Waals surface area contributed by atoms with Gasteiger partial charge in [0.15, 0.2) is 0 Å². The van der Waals surface area contributed by atoms with Crippen LogP contribution in [0.4, 0.5) is 11.4 Å². The maximum absolute atomic E-state index is 12.9. The van der Waals surface area contributed by atoms with Crippen LogP contribution in [-0.4, -0.2) is 44.2 Å². The molecule has 1 aromatic carbocycles. The van der Waals surface area contributed by atoms with Crippen LogP contribution in [0.2, 0.25) is 0 Å². The number of thioether (sulfide) groups is 1. The number of rotatable bonds is 4. The number of benzene rings is 1. The molecule has 0 bridgehead atoms. The quantitative estimate of drug-likeness (QED) is 0.681. The maximum atomic E-state index is 12.9. The zero-order chi connectivity index (χ0) is 19.8. The highest BCUT2D eigenvalue weighted by Gasteiger charge is 2.26. The molecule has 1 aliphatic heterocycles. The van der Waals surface area contributed by atoms with Gasteiger partial charge >= 0.3 is 0 Å².